The average Bonchev–Trinajstić information content (AvgIpc) is 2.63. The normalized spacial score (nSPS) is 11.3. The van der Waals surface area contributed by atoms with Crippen molar-refractivity contribution in [2.24, 2.45) is 5.10 Å². The van der Waals surface area contributed by atoms with Crippen molar-refractivity contribution in [3.63, 3.8) is 0 Å². The summed E-state index contributed by atoms with van der Waals surface area (Å²) in [5, 5.41) is 14.2. The van der Waals surface area contributed by atoms with Gasteiger partial charge in [0.1, 0.15) is 5.75 Å². The number of aryl methyl sites for hydroxylation is 1. The molecular formula is C11H10BrClN4O. The van der Waals surface area contributed by atoms with Crippen LogP contribution in [0.4, 0.5) is 5.95 Å². The Balaban J connectivity index is 2.40. The Morgan fingerprint density at radius 3 is 2.89 bits per heavy atom. The zero-order chi connectivity index (χ0) is 13.3. The van der Waals surface area contributed by atoms with Crippen molar-refractivity contribution >= 4 is 39.7 Å². The van der Waals surface area contributed by atoms with Crippen molar-refractivity contribution < 1.29 is 5.11 Å². The van der Waals surface area contributed by atoms with Gasteiger partial charge in [-0.2, -0.15) is 5.10 Å². The van der Waals surface area contributed by atoms with Crippen LogP contribution in [0.2, 0.25) is 5.02 Å². The highest BCUT2D eigenvalue weighted by Gasteiger charge is 2.08. The van der Waals surface area contributed by atoms with Gasteiger partial charge in [-0.05, 0) is 35.0 Å². The number of imidazole rings is 1. The molecule has 0 aliphatic heterocycles. The Hall–Kier alpha value is -1.53. The van der Waals surface area contributed by atoms with Gasteiger partial charge in [-0.25, -0.2) is 9.66 Å². The molecule has 0 fully saturated rings. The maximum atomic E-state index is 9.82. The lowest BCUT2D eigenvalue weighted by Gasteiger charge is -2.03. The summed E-state index contributed by atoms with van der Waals surface area (Å²) in [5.74, 6) is 0.242. The highest BCUT2D eigenvalue weighted by atomic mass is 79.9. The summed E-state index contributed by atoms with van der Waals surface area (Å²) in [5.41, 5.74) is 6.89. The van der Waals surface area contributed by atoms with Crippen LogP contribution in [-0.4, -0.2) is 21.0 Å². The molecule has 0 spiro atoms. The second-order valence-corrected chi connectivity index (χ2v) is 4.88. The quantitative estimate of drug-likeness (QED) is 0.832. The van der Waals surface area contributed by atoms with Crippen LogP contribution in [0.3, 0.4) is 0 Å². The summed E-state index contributed by atoms with van der Waals surface area (Å²) in [6, 6.07) is 3.32. The number of nitrogen functional groups attached to an aromatic ring is 1. The van der Waals surface area contributed by atoms with E-state index in [1.807, 2.05) is 6.92 Å². The molecule has 5 nitrogen and oxygen atoms in total. The molecule has 0 aliphatic rings. The van der Waals surface area contributed by atoms with Crippen molar-refractivity contribution in [3.8, 4) is 5.75 Å². The molecule has 1 heterocycles. The lowest BCUT2D eigenvalue weighted by molar-refractivity contribution is 0.474. The number of hydrogen-bond donors (Lipinski definition) is 2. The van der Waals surface area contributed by atoms with E-state index in [0.717, 1.165) is 5.69 Å². The summed E-state index contributed by atoms with van der Waals surface area (Å²) in [6.07, 6.45) is 3.14. The fraction of sp³-hybridized carbons (Fsp3) is 0.0909. The Morgan fingerprint density at radius 2 is 2.28 bits per heavy atom. The zero-order valence-electron chi connectivity index (χ0n) is 9.43. The zero-order valence-corrected chi connectivity index (χ0v) is 11.8. The number of hydrogen-bond acceptors (Lipinski definition) is 4. The van der Waals surface area contributed by atoms with Crippen molar-refractivity contribution in [2.75, 3.05) is 5.73 Å². The molecule has 7 heteroatoms. The number of benzene rings is 1. The number of anilines is 1. The van der Waals surface area contributed by atoms with Crippen molar-refractivity contribution in [3.05, 3.63) is 39.1 Å². The van der Waals surface area contributed by atoms with E-state index in [2.05, 4.69) is 26.0 Å². The van der Waals surface area contributed by atoms with Crippen LogP contribution in [0.1, 0.15) is 11.3 Å². The van der Waals surface area contributed by atoms with Gasteiger partial charge in [-0.15, -0.1) is 0 Å². The van der Waals surface area contributed by atoms with Gasteiger partial charge in [0.2, 0.25) is 5.95 Å². The second-order valence-electron chi connectivity index (χ2n) is 3.62. The van der Waals surface area contributed by atoms with E-state index in [0.29, 0.717) is 10.0 Å². The van der Waals surface area contributed by atoms with Crippen LogP contribution in [0, 0.1) is 6.92 Å². The van der Waals surface area contributed by atoms with Crippen LogP contribution in [0.25, 0.3) is 0 Å². The maximum absolute atomic E-state index is 9.82. The number of aromatic hydroxyl groups is 1. The Labute approximate surface area is 117 Å². The smallest absolute Gasteiger partial charge is 0.221 e. The molecule has 0 unspecified atom stereocenters. The molecule has 0 saturated heterocycles. The molecule has 0 radical (unpaired) electrons. The minimum atomic E-state index is -0.0369. The maximum Gasteiger partial charge on any atom is 0.221 e. The molecular weight excluding hydrogens is 320 g/mol. The average molecular weight is 330 g/mol. The molecule has 1 aromatic heterocycles. The molecule has 94 valence electrons. The molecule has 0 saturated carbocycles. The standard InChI is InChI=1S/C11H10BrClN4O/c1-6-5-17(11(14)16-6)15-4-7-8(12)2-3-9(13)10(7)18/h2-5,18H,1H3,(H2,14,16). The lowest BCUT2D eigenvalue weighted by atomic mass is 10.2. The van der Waals surface area contributed by atoms with Gasteiger partial charge in [0.25, 0.3) is 0 Å². The van der Waals surface area contributed by atoms with E-state index in [9.17, 15) is 5.11 Å². The molecule has 2 rings (SSSR count). The largest absolute Gasteiger partial charge is 0.506 e. The van der Waals surface area contributed by atoms with Gasteiger partial charge in [0.15, 0.2) is 0 Å². The van der Waals surface area contributed by atoms with E-state index >= 15 is 0 Å². The molecule has 0 atom stereocenters. The summed E-state index contributed by atoms with van der Waals surface area (Å²) in [4.78, 5) is 4.01. The monoisotopic (exact) mass is 328 g/mol. The number of phenolic OH excluding ortho intramolecular Hbond substituents is 1. The van der Waals surface area contributed by atoms with E-state index in [1.54, 1.807) is 18.3 Å². The fourth-order valence-electron chi connectivity index (χ4n) is 1.40. The first-order chi connectivity index (χ1) is 8.49. The van der Waals surface area contributed by atoms with E-state index in [-0.39, 0.29) is 16.7 Å². The fourth-order valence-corrected chi connectivity index (χ4v) is 1.98. The molecule has 0 amide bonds. The van der Waals surface area contributed by atoms with Gasteiger partial charge in [-0.1, -0.05) is 11.6 Å². The number of nitrogens with two attached hydrogens (primary N) is 1. The first-order valence-corrected chi connectivity index (χ1v) is 6.19. The molecule has 3 N–H and O–H groups in total. The van der Waals surface area contributed by atoms with Crippen LogP contribution < -0.4 is 5.73 Å². The SMILES string of the molecule is Cc1cn(N=Cc2c(Br)ccc(Cl)c2O)c(N)n1. The minimum absolute atomic E-state index is 0.0369. The molecule has 1 aromatic carbocycles. The van der Waals surface area contributed by atoms with E-state index in [1.165, 1.54) is 10.9 Å². The third-order valence-corrected chi connectivity index (χ3v) is 3.26. The number of rotatable bonds is 2. The number of halogens is 2. The predicted octanol–water partition coefficient (Wildman–Crippen LogP) is 2.78. The van der Waals surface area contributed by atoms with Crippen LogP contribution in [-0.2, 0) is 0 Å². The Bertz CT molecular complexity index is 624. The summed E-state index contributed by atoms with van der Waals surface area (Å²) in [6.45, 7) is 1.81. The molecule has 0 bridgehead atoms. The van der Waals surface area contributed by atoms with Crippen LogP contribution in [0.5, 0.6) is 5.75 Å². The van der Waals surface area contributed by atoms with Gasteiger partial charge in [0, 0.05) is 4.47 Å². The third-order valence-electron chi connectivity index (χ3n) is 2.26. The van der Waals surface area contributed by atoms with Gasteiger partial charge >= 0.3 is 0 Å². The predicted molar refractivity (Wildman–Crippen MR) is 75.2 cm³/mol. The summed E-state index contributed by atoms with van der Waals surface area (Å²) in [7, 11) is 0. The Morgan fingerprint density at radius 1 is 1.56 bits per heavy atom. The highest BCUT2D eigenvalue weighted by Crippen LogP contribution is 2.31. The number of nitrogens with zero attached hydrogens (tertiary/aromatic N) is 3. The Kier molecular flexibility index (Phi) is 3.58. The minimum Gasteiger partial charge on any atom is -0.506 e. The molecule has 2 aromatic rings. The van der Waals surface area contributed by atoms with E-state index in [4.69, 9.17) is 17.3 Å². The molecule has 0 aliphatic carbocycles. The van der Waals surface area contributed by atoms with Crippen molar-refractivity contribution in [2.45, 2.75) is 6.92 Å². The van der Waals surface area contributed by atoms with Gasteiger partial charge < -0.3 is 10.8 Å². The number of aromatic nitrogens is 2. The van der Waals surface area contributed by atoms with Crippen molar-refractivity contribution in [1.29, 1.82) is 0 Å². The van der Waals surface area contributed by atoms with Gasteiger partial charge in [-0.3, -0.25) is 0 Å². The van der Waals surface area contributed by atoms with E-state index < -0.39 is 0 Å². The summed E-state index contributed by atoms with van der Waals surface area (Å²) >= 11 is 9.14. The van der Waals surface area contributed by atoms with Crippen LogP contribution >= 0.6 is 27.5 Å². The third kappa shape index (κ3) is 2.49. The van der Waals surface area contributed by atoms with Crippen molar-refractivity contribution in [1.82, 2.24) is 9.66 Å². The number of phenols is 1. The summed E-state index contributed by atoms with van der Waals surface area (Å²) < 4.78 is 2.10. The highest BCUT2D eigenvalue weighted by molar-refractivity contribution is 9.10. The lowest BCUT2D eigenvalue weighted by Crippen LogP contribution is -1.97. The first-order valence-electron chi connectivity index (χ1n) is 5.02. The van der Waals surface area contributed by atoms with Gasteiger partial charge in [0.05, 0.1) is 28.7 Å². The first kappa shape index (κ1) is 12.9. The molecule has 18 heavy (non-hydrogen) atoms. The second kappa shape index (κ2) is 4.99. The van der Waals surface area contributed by atoms with Crippen LogP contribution in [0.15, 0.2) is 27.9 Å². The topological polar surface area (TPSA) is 76.4 Å².